The number of benzene rings is 3. The summed E-state index contributed by atoms with van der Waals surface area (Å²) in [7, 11) is 0. The number of aromatic hydroxyl groups is 1. The number of hydrogen-bond donors (Lipinski definition) is 11. The van der Waals surface area contributed by atoms with E-state index in [1.807, 2.05) is 60.9 Å². The number of phenols is 1. The maximum absolute atomic E-state index is 14.7. The zero-order valence-corrected chi connectivity index (χ0v) is 49.0. The number of rotatable bonds is 39. The first kappa shape index (κ1) is 67.4. The fraction of sp³-hybridized carbons (Fsp3) is 0.525. The molecule has 0 aliphatic heterocycles. The van der Waals surface area contributed by atoms with Gasteiger partial charge in [0.1, 0.15) is 5.75 Å². The van der Waals surface area contributed by atoms with Gasteiger partial charge < -0.3 is 59.4 Å². The van der Waals surface area contributed by atoms with Crippen LogP contribution in [0.4, 0.5) is 0 Å². The van der Waals surface area contributed by atoms with Gasteiger partial charge in [0.05, 0.1) is 30.5 Å². The topological polar surface area (TPSA) is 357 Å². The molecule has 0 saturated carbocycles. The molecule has 8 atom stereocenters. The highest BCUT2D eigenvalue weighted by molar-refractivity contribution is 7.98. The van der Waals surface area contributed by atoms with E-state index in [0.29, 0.717) is 50.0 Å². The van der Waals surface area contributed by atoms with Gasteiger partial charge in [0, 0.05) is 73.2 Å². The number of aromatic amines is 1. The Morgan fingerprint density at radius 3 is 1.84 bits per heavy atom. The number of nitrogens with one attached hydrogen (secondary N) is 5. The lowest BCUT2D eigenvalue weighted by atomic mass is 9.84. The molecule has 0 fully saturated rings. The third-order valence-electron chi connectivity index (χ3n) is 14.8. The highest BCUT2D eigenvalue weighted by Gasteiger charge is 2.37. The van der Waals surface area contributed by atoms with Crippen LogP contribution in [0.1, 0.15) is 109 Å². The molecule has 1 heterocycles. The zero-order chi connectivity index (χ0) is 60.3. The summed E-state index contributed by atoms with van der Waals surface area (Å²) < 4.78 is 0. The number of guanidine groups is 1. The number of carboxylic acids is 1. The molecule has 15 N–H and O–H groups in total. The first-order valence-electron chi connectivity index (χ1n) is 28.5. The van der Waals surface area contributed by atoms with Crippen LogP contribution < -0.4 is 44.2 Å². The maximum Gasteiger partial charge on any atom is 0.305 e. The van der Waals surface area contributed by atoms with Gasteiger partial charge in [-0.2, -0.15) is 11.8 Å². The number of aliphatic imine (C=N–C) groups is 1. The predicted octanol–water partition coefficient (Wildman–Crippen LogP) is 4.86. The second kappa shape index (κ2) is 35.0. The zero-order valence-electron chi connectivity index (χ0n) is 48.2. The number of thioether (sulfide) groups is 1. The van der Waals surface area contributed by atoms with Gasteiger partial charge in [-0.1, -0.05) is 94.8 Å². The number of unbranched alkanes of at least 4 members (excludes halogenated alkanes) is 1. The fourth-order valence-electron chi connectivity index (χ4n) is 10.0. The molecule has 0 bridgehead atoms. The van der Waals surface area contributed by atoms with Crippen molar-refractivity contribution in [3.63, 3.8) is 0 Å². The van der Waals surface area contributed by atoms with Crippen molar-refractivity contribution in [1.29, 1.82) is 0 Å². The number of H-pyrrole nitrogens is 1. The van der Waals surface area contributed by atoms with Gasteiger partial charge in [0.25, 0.3) is 0 Å². The summed E-state index contributed by atoms with van der Waals surface area (Å²) in [5, 5.41) is 32.4. The highest BCUT2D eigenvalue weighted by atomic mass is 32.2. The van der Waals surface area contributed by atoms with Crippen molar-refractivity contribution >= 4 is 75.6 Å². The molecule has 21 heteroatoms. The summed E-state index contributed by atoms with van der Waals surface area (Å²) in [5.41, 5.74) is 25.7. The monoisotopic (exact) mass is 1150 g/mol. The Kier molecular flexibility index (Phi) is 28.8. The van der Waals surface area contributed by atoms with E-state index in [1.54, 1.807) is 46.0 Å². The summed E-state index contributed by atoms with van der Waals surface area (Å²) in [6.07, 6.45) is 5.36. The lowest BCUT2D eigenvalue weighted by Crippen LogP contribution is -2.51. The maximum atomic E-state index is 14.7. The molecule has 0 spiro atoms. The minimum atomic E-state index is -1.11. The quantitative estimate of drug-likeness (QED) is 0.0161. The van der Waals surface area contributed by atoms with Crippen LogP contribution >= 0.6 is 11.8 Å². The van der Waals surface area contributed by atoms with E-state index in [-0.39, 0.29) is 76.2 Å². The number of amides is 4. The Balaban J connectivity index is 1.58. The Labute approximate surface area is 486 Å². The standard InChI is InChI=1S/C61H88N10O10S/c1-37(2)48(60(81)69-50(24-27-82-5)52(73)32-43(30-44-36-67-49-19-10-9-18-47(44)49)58(79)68-45(33-55(76)77)17-11-12-25-62)34-54(75)56(38(3)4)71-59(80)42(28-40-20-22-46(72)23-21-40)31-53(74)51(29-39-14-7-6-8-15-39)70-57(78)41(35-63)16-13-26-66-61(64)65/h6-10,14-15,18-23,36-38,41-43,45,48,50-51,56,67,72H,11-13,16-17,24-35,62-63H2,1-5H3,(H,68,79)(H,69,81)(H,70,78)(H,71,80)(H,76,77)(H4,64,65,66)/t41-,42-,43-,45+,48+,50+,51+,56+/m1/s1. The van der Waals surface area contributed by atoms with Crippen LogP contribution in [0.2, 0.25) is 0 Å². The van der Waals surface area contributed by atoms with Crippen LogP contribution in [-0.2, 0) is 57.6 Å². The van der Waals surface area contributed by atoms with Crippen molar-refractivity contribution in [2.45, 2.75) is 135 Å². The predicted molar refractivity (Wildman–Crippen MR) is 321 cm³/mol. The number of carbonyl (C=O) groups is 8. The van der Waals surface area contributed by atoms with Gasteiger partial charge in [-0.15, -0.1) is 0 Å². The molecule has 82 heavy (non-hydrogen) atoms. The average Bonchev–Trinajstić information content (AvgIpc) is 3.96. The Bertz CT molecular complexity index is 2730. The Morgan fingerprint density at radius 2 is 1.22 bits per heavy atom. The SMILES string of the molecule is CSCC[C@H](NC(=O)[C@@H](CC(=O)[C@@H](NC(=O)[C@@H](CC(=O)[C@H](Cc1ccccc1)NC(=O)[C@@H](CN)CCCN=C(N)N)Cc1ccc(O)cc1)C(C)C)C(C)C)C(=O)C[C@@H](Cc1c[nH]c2ccccc12)C(=O)N[C@@H](CCCCN)CC(=O)O. The third-order valence-corrected chi connectivity index (χ3v) is 15.5. The summed E-state index contributed by atoms with van der Waals surface area (Å²) in [5.74, 6) is -8.56. The van der Waals surface area contributed by atoms with E-state index < -0.39 is 107 Å². The molecule has 0 unspecified atom stereocenters. The Hall–Kier alpha value is -7.10. The molecule has 448 valence electrons. The van der Waals surface area contributed by atoms with Gasteiger partial charge in [-0.25, -0.2) is 0 Å². The number of hydrogen-bond acceptors (Lipinski definition) is 13. The molecule has 20 nitrogen and oxygen atoms in total. The number of ketones is 3. The van der Waals surface area contributed by atoms with E-state index in [0.717, 1.165) is 22.0 Å². The molecule has 4 amide bonds. The van der Waals surface area contributed by atoms with Crippen molar-refractivity contribution in [3.8, 4) is 5.75 Å². The fourth-order valence-corrected chi connectivity index (χ4v) is 10.5. The van der Waals surface area contributed by atoms with E-state index in [9.17, 15) is 48.6 Å². The molecule has 0 saturated heterocycles. The van der Waals surface area contributed by atoms with Gasteiger partial charge in [-0.05, 0) is 117 Å². The van der Waals surface area contributed by atoms with Crippen LogP contribution in [0.15, 0.2) is 90.1 Å². The highest BCUT2D eigenvalue weighted by Crippen LogP contribution is 2.26. The molecule has 0 aliphatic carbocycles. The van der Waals surface area contributed by atoms with Crippen LogP contribution in [-0.4, -0.2) is 124 Å². The number of aromatic nitrogens is 1. The Morgan fingerprint density at radius 1 is 0.610 bits per heavy atom. The number of carbonyl (C=O) groups excluding carboxylic acids is 7. The number of phenolic OH excluding ortho intramolecular Hbond substituents is 1. The van der Waals surface area contributed by atoms with Crippen molar-refractivity contribution in [1.82, 2.24) is 26.3 Å². The van der Waals surface area contributed by atoms with Gasteiger partial charge >= 0.3 is 5.97 Å². The smallest absolute Gasteiger partial charge is 0.305 e. The lowest BCUT2D eigenvalue weighted by Gasteiger charge is -2.29. The van der Waals surface area contributed by atoms with Crippen LogP contribution in [0, 0.1) is 35.5 Å². The molecular weight excluding hydrogens is 1060 g/mol. The van der Waals surface area contributed by atoms with Crippen LogP contribution in [0.3, 0.4) is 0 Å². The number of Topliss-reactive ketones (excluding diaryl/α,β-unsaturated/α-hetero) is 3. The minimum absolute atomic E-state index is 0.000573. The summed E-state index contributed by atoms with van der Waals surface area (Å²) in [6, 6.07) is 19.0. The molecule has 4 aromatic rings. The summed E-state index contributed by atoms with van der Waals surface area (Å²) in [4.78, 5) is 120. The lowest BCUT2D eigenvalue weighted by molar-refractivity contribution is -0.138. The average molecular weight is 1150 g/mol. The molecule has 4 rings (SSSR count). The van der Waals surface area contributed by atoms with Crippen molar-refractivity contribution in [2.24, 2.45) is 63.4 Å². The second-order valence-electron chi connectivity index (χ2n) is 22.0. The minimum Gasteiger partial charge on any atom is -0.508 e. The summed E-state index contributed by atoms with van der Waals surface area (Å²) in [6.45, 7) is 7.78. The largest absolute Gasteiger partial charge is 0.508 e. The van der Waals surface area contributed by atoms with Crippen LogP contribution in [0.25, 0.3) is 10.9 Å². The van der Waals surface area contributed by atoms with Crippen molar-refractivity contribution < 1.29 is 48.6 Å². The number of carboxylic acid groups (broad SMARTS) is 1. The van der Waals surface area contributed by atoms with Gasteiger partial charge in [-0.3, -0.25) is 43.3 Å². The molecule has 0 aliphatic rings. The number of nitrogens with zero attached hydrogens (tertiary/aromatic N) is 1. The molecular formula is C61H88N10O10S. The number of fused-ring (bicyclic) bond motifs is 1. The molecule has 0 radical (unpaired) electrons. The number of para-hydroxylation sites is 1. The molecule has 3 aromatic carbocycles. The first-order chi connectivity index (χ1) is 39.1. The third kappa shape index (κ3) is 22.7. The van der Waals surface area contributed by atoms with Gasteiger partial charge in [0.2, 0.25) is 23.6 Å². The van der Waals surface area contributed by atoms with E-state index in [2.05, 4.69) is 31.2 Å². The molecule has 1 aromatic heterocycles. The van der Waals surface area contributed by atoms with Crippen LogP contribution in [0.5, 0.6) is 5.75 Å². The second-order valence-corrected chi connectivity index (χ2v) is 23.0. The number of aliphatic carboxylic acids is 1. The normalized spacial score (nSPS) is 14.4. The number of nitrogens with two attached hydrogens (primary N) is 4. The van der Waals surface area contributed by atoms with E-state index in [1.165, 1.54) is 23.9 Å². The first-order valence-corrected chi connectivity index (χ1v) is 29.9. The van der Waals surface area contributed by atoms with E-state index >= 15 is 0 Å². The van der Waals surface area contributed by atoms with Crippen molar-refractivity contribution in [2.75, 3.05) is 31.6 Å². The van der Waals surface area contributed by atoms with E-state index in [4.69, 9.17) is 22.9 Å². The van der Waals surface area contributed by atoms with Gasteiger partial charge in [0.15, 0.2) is 23.3 Å². The van der Waals surface area contributed by atoms with Crippen molar-refractivity contribution in [3.05, 3.63) is 102 Å². The summed E-state index contributed by atoms with van der Waals surface area (Å²) >= 11 is 1.47.